The Morgan fingerprint density at radius 2 is 2.08 bits per heavy atom. The van der Waals surface area contributed by atoms with Crippen LogP contribution in [0.5, 0.6) is 0 Å². The number of fused-ring (bicyclic) bond motifs is 1. The lowest BCUT2D eigenvalue weighted by Gasteiger charge is -2.28. The van der Waals surface area contributed by atoms with Crippen LogP contribution in [0.1, 0.15) is 0 Å². The van der Waals surface area contributed by atoms with Crippen molar-refractivity contribution in [1.82, 2.24) is 20.2 Å². The van der Waals surface area contributed by atoms with E-state index in [0.717, 1.165) is 10.6 Å². The van der Waals surface area contributed by atoms with Crippen LogP contribution in [0.15, 0.2) is 53.6 Å². The van der Waals surface area contributed by atoms with Crippen molar-refractivity contribution in [3.05, 3.63) is 48.7 Å². The number of thioether (sulfide) groups is 1. The van der Waals surface area contributed by atoms with Gasteiger partial charge in [-0.05, 0) is 24.3 Å². The first-order valence-corrected chi connectivity index (χ1v) is 8.85. The van der Waals surface area contributed by atoms with Gasteiger partial charge in [0.2, 0.25) is 17.8 Å². The third-order valence-corrected chi connectivity index (χ3v) is 4.80. The summed E-state index contributed by atoms with van der Waals surface area (Å²) in [5.74, 6) is 0.438. The monoisotopic (exact) mass is 366 g/mol. The summed E-state index contributed by atoms with van der Waals surface area (Å²) in [6, 6.07) is 12.9. The molecule has 4 rings (SSSR count). The van der Waals surface area contributed by atoms with E-state index in [1.807, 2.05) is 30.3 Å². The van der Waals surface area contributed by atoms with Gasteiger partial charge < -0.3 is 4.90 Å². The predicted molar refractivity (Wildman–Crippen MR) is 97.8 cm³/mol. The highest BCUT2D eigenvalue weighted by Gasteiger charge is 2.26. The van der Waals surface area contributed by atoms with Crippen molar-refractivity contribution in [3.63, 3.8) is 0 Å². The van der Waals surface area contributed by atoms with Gasteiger partial charge in [0.25, 0.3) is 0 Å². The Balaban J connectivity index is 1.47. The van der Waals surface area contributed by atoms with Crippen LogP contribution in [0, 0.1) is 0 Å². The standard InChI is InChI=1S/C17H14N6O2S/c24-14(9-23-12-6-1-2-7-13(12)26-10-15(23)25)19-17-20-16(21-22-17)11-5-3-4-8-18-11/h1-8H,9-10H2,(H2,19,20,21,22,24). The molecule has 1 aromatic carbocycles. The maximum Gasteiger partial charge on any atom is 0.249 e. The number of aromatic nitrogens is 4. The summed E-state index contributed by atoms with van der Waals surface area (Å²) in [7, 11) is 0. The van der Waals surface area contributed by atoms with Crippen molar-refractivity contribution in [2.45, 2.75) is 4.90 Å². The Labute approximate surface area is 153 Å². The number of nitrogens with zero attached hydrogens (tertiary/aromatic N) is 4. The van der Waals surface area contributed by atoms with Crippen molar-refractivity contribution in [3.8, 4) is 11.5 Å². The van der Waals surface area contributed by atoms with Gasteiger partial charge in [-0.25, -0.2) is 0 Å². The van der Waals surface area contributed by atoms with Gasteiger partial charge in [-0.15, -0.1) is 16.9 Å². The van der Waals surface area contributed by atoms with Crippen LogP contribution in [-0.2, 0) is 9.59 Å². The highest BCUT2D eigenvalue weighted by atomic mass is 32.2. The summed E-state index contributed by atoms with van der Waals surface area (Å²) in [6.45, 7) is -0.0934. The molecule has 3 heterocycles. The molecule has 0 spiro atoms. The van der Waals surface area contributed by atoms with E-state index < -0.39 is 0 Å². The van der Waals surface area contributed by atoms with Gasteiger partial charge in [0, 0.05) is 11.1 Å². The highest BCUT2D eigenvalue weighted by Crippen LogP contribution is 2.34. The minimum atomic E-state index is -0.369. The first-order valence-electron chi connectivity index (χ1n) is 7.86. The van der Waals surface area contributed by atoms with Crippen LogP contribution in [0.3, 0.4) is 0 Å². The Kier molecular flexibility index (Phi) is 4.36. The molecule has 0 saturated carbocycles. The summed E-state index contributed by atoms with van der Waals surface area (Å²) >= 11 is 1.47. The van der Waals surface area contributed by atoms with E-state index in [-0.39, 0.29) is 24.3 Å². The van der Waals surface area contributed by atoms with Gasteiger partial charge in [0.1, 0.15) is 12.2 Å². The zero-order valence-electron chi connectivity index (χ0n) is 13.5. The number of hydrogen-bond acceptors (Lipinski definition) is 6. The van der Waals surface area contributed by atoms with E-state index in [9.17, 15) is 9.59 Å². The van der Waals surface area contributed by atoms with Crippen molar-refractivity contribution < 1.29 is 9.59 Å². The summed E-state index contributed by atoms with van der Waals surface area (Å²) in [5.41, 5.74) is 1.37. The van der Waals surface area contributed by atoms with E-state index >= 15 is 0 Å². The number of para-hydroxylation sites is 1. The molecule has 9 heteroatoms. The lowest BCUT2D eigenvalue weighted by Crippen LogP contribution is -2.41. The first kappa shape index (κ1) is 16.3. The van der Waals surface area contributed by atoms with Gasteiger partial charge >= 0.3 is 0 Å². The Bertz CT molecular complexity index is 959. The zero-order chi connectivity index (χ0) is 17.9. The van der Waals surface area contributed by atoms with Gasteiger partial charge in [-0.2, -0.15) is 4.98 Å². The van der Waals surface area contributed by atoms with Gasteiger partial charge in [-0.3, -0.25) is 25.0 Å². The summed E-state index contributed by atoms with van der Waals surface area (Å²) < 4.78 is 0. The third-order valence-electron chi connectivity index (χ3n) is 3.75. The van der Waals surface area contributed by atoms with E-state index in [1.165, 1.54) is 16.7 Å². The number of pyridine rings is 1. The molecular weight excluding hydrogens is 352 g/mol. The fraction of sp³-hybridized carbons (Fsp3) is 0.118. The van der Waals surface area contributed by atoms with Crippen molar-refractivity contribution in [2.24, 2.45) is 0 Å². The number of aromatic amines is 1. The molecule has 2 aromatic heterocycles. The zero-order valence-corrected chi connectivity index (χ0v) is 14.4. The molecule has 2 amide bonds. The largest absolute Gasteiger partial charge is 0.301 e. The van der Waals surface area contributed by atoms with Crippen LogP contribution in [0.2, 0.25) is 0 Å². The fourth-order valence-electron chi connectivity index (χ4n) is 2.57. The molecule has 1 aliphatic rings. The number of anilines is 2. The van der Waals surface area contributed by atoms with Gasteiger partial charge in [0.05, 0.1) is 11.4 Å². The minimum Gasteiger partial charge on any atom is -0.301 e. The first-order chi connectivity index (χ1) is 12.7. The second-order valence-electron chi connectivity index (χ2n) is 5.51. The topological polar surface area (TPSA) is 104 Å². The van der Waals surface area contributed by atoms with Crippen molar-refractivity contribution in [2.75, 3.05) is 22.5 Å². The van der Waals surface area contributed by atoms with E-state index in [0.29, 0.717) is 17.3 Å². The number of hydrogen-bond donors (Lipinski definition) is 2. The van der Waals surface area contributed by atoms with Crippen LogP contribution >= 0.6 is 11.8 Å². The molecule has 0 aliphatic carbocycles. The number of benzene rings is 1. The van der Waals surface area contributed by atoms with E-state index in [4.69, 9.17) is 0 Å². The SMILES string of the molecule is O=C(CN1C(=O)CSc2ccccc21)Nc1n[nH]c(-c2ccccn2)n1. The molecule has 8 nitrogen and oxygen atoms in total. The maximum atomic E-state index is 12.4. The van der Waals surface area contributed by atoms with Crippen LogP contribution in [0.4, 0.5) is 11.6 Å². The minimum absolute atomic E-state index is 0.0934. The summed E-state index contributed by atoms with van der Waals surface area (Å²) in [6.07, 6.45) is 1.65. The molecule has 0 atom stereocenters. The molecule has 3 aromatic rings. The van der Waals surface area contributed by atoms with Gasteiger partial charge in [0.15, 0.2) is 5.82 Å². The van der Waals surface area contributed by atoms with Crippen LogP contribution < -0.4 is 10.2 Å². The summed E-state index contributed by atoms with van der Waals surface area (Å²) in [5, 5.41) is 9.32. The molecule has 26 heavy (non-hydrogen) atoms. The van der Waals surface area contributed by atoms with E-state index in [1.54, 1.807) is 18.3 Å². The van der Waals surface area contributed by atoms with E-state index in [2.05, 4.69) is 25.5 Å². The van der Waals surface area contributed by atoms with Crippen molar-refractivity contribution in [1.29, 1.82) is 0 Å². The van der Waals surface area contributed by atoms with Crippen LogP contribution in [-0.4, -0.2) is 44.3 Å². The molecule has 0 unspecified atom stereocenters. The summed E-state index contributed by atoms with van der Waals surface area (Å²) in [4.78, 5) is 35.4. The normalized spacial score (nSPS) is 13.4. The number of carbonyl (C=O) groups excluding carboxylic acids is 2. The number of carbonyl (C=O) groups is 2. The Hall–Kier alpha value is -3.20. The third kappa shape index (κ3) is 3.29. The molecule has 0 saturated heterocycles. The Morgan fingerprint density at radius 1 is 1.23 bits per heavy atom. The Morgan fingerprint density at radius 3 is 2.92 bits per heavy atom. The fourth-order valence-corrected chi connectivity index (χ4v) is 3.51. The molecule has 1 aliphatic heterocycles. The molecular formula is C17H14N6O2S. The van der Waals surface area contributed by atoms with Gasteiger partial charge in [-0.1, -0.05) is 18.2 Å². The predicted octanol–water partition coefficient (Wildman–Crippen LogP) is 1.94. The second kappa shape index (κ2) is 6.96. The number of H-pyrrole nitrogens is 1. The molecule has 2 N–H and O–H groups in total. The smallest absolute Gasteiger partial charge is 0.249 e. The molecule has 0 radical (unpaired) electrons. The van der Waals surface area contributed by atoms with Crippen LogP contribution in [0.25, 0.3) is 11.5 Å². The molecule has 130 valence electrons. The lowest BCUT2D eigenvalue weighted by molar-refractivity contribution is -0.120. The van der Waals surface area contributed by atoms with Crippen molar-refractivity contribution >= 4 is 35.2 Å². The number of nitrogens with one attached hydrogen (secondary N) is 2. The molecule has 0 bridgehead atoms. The lowest BCUT2D eigenvalue weighted by atomic mass is 10.2. The quantitative estimate of drug-likeness (QED) is 0.731. The highest BCUT2D eigenvalue weighted by molar-refractivity contribution is 8.00. The molecule has 0 fully saturated rings. The number of amides is 2. The average Bonchev–Trinajstić information content (AvgIpc) is 3.13. The number of rotatable bonds is 4. The maximum absolute atomic E-state index is 12.4. The second-order valence-corrected chi connectivity index (χ2v) is 6.52. The average molecular weight is 366 g/mol.